The monoisotopic (exact) mass is 764 g/mol. The van der Waals surface area contributed by atoms with Crippen LogP contribution in [0, 0.1) is 37.7 Å². The third kappa shape index (κ3) is 7.38. The molecule has 2 amide bonds. The van der Waals surface area contributed by atoms with Gasteiger partial charge in [-0.3, -0.25) is 9.59 Å². The van der Waals surface area contributed by atoms with Crippen molar-refractivity contribution in [3.05, 3.63) is 67.3 Å². The minimum absolute atomic E-state index is 0. The van der Waals surface area contributed by atoms with Crippen molar-refractivity contribution in [2.75, 3.05) is 18.6 Å². The summed E-state index contributed by atoms with van der Waals surface area (Å²) in [5.41, 5.74) is 30.6. The molecule has 0 atom stereocenters. The fourth-order valence-corrected chi connectivity index (χ4v) is 9.26. The number of carbonyl (C=O) groups is 2. The molecule has 8 rings (SSSR count). The Kier molecular flexibility index (Phi) is 14.1. The number of anilines is 2. The van der Waals surface area contributed by atoms with Gasteiger partial charge in [0, 0.05) is 88.0 Å². The molecule has 6 aromatic rings. The first-order valence-corrected chi connectivity index (χ1v) is 17.8. The number of pyridine rings is 2. The van der Waals surface area contributed by atoms with Crippen LogP contribution in [0.4, 0.5) is 11.4 Å². The van der Waals surface area contributed by atoms with Gasteiger partial charge < -0.3 is 33.1 Å². The number of primary amides is 2. The topological polar surface area (TPSA) is 188 Å². The molecule has 262 valence electrons. The molecule has 0 saturated carbocycles. The number of nitrogen functional groups attached to an aromatic ring is 2. The number of nitrogens with two attached hydrogens (primary N) is 4. The molecule has 0 aliphatic carbocycles. The summed E-state index contributed by atoms with van der Waals surface area (Å²) < 4.78 is 0. The van der Waals surface area contributed by atoms with E-state index in [4.69, 9.17) is 32.8 Å². The minimum Gasteiger partial charge on any atom is -0.397 e. The van der Waals surface area contributed by atoms with Crippen molar-refractivity contribution in [3.63, 3.8) is 0 Å². The molecule has 0 unspecified atom stereocenters. The van der Waals surface area contributed by atoms with Gasteiger partial charge in [-0.1, -0.05) is 40.8 Å². The Hall–Kier alpha value is -2.70. The van der Waals surface area contributed by atoms with E-state index in [2.05, 4.69) is 22.4 Å². The number of aromatic nitrogens is 2. The summed E-state index contributed by atoms with van der Waals surface area (Å²) >= 11 is 5.83. The van der Waals surface area contributed by atoms with Crippen LogP contribution in [0.5, 0.6) is 0 Å². The number of carbonyl (C=O) groups excluding carboxylic acids is 2. The van der Waals surface area contributed by atoms with Gasteiger partial charge in [-0.15, -0.1) is 45.3 Å². The Balaban J connectivity index is 0.000000239. The van der Waals surface area contributed by atoms with Crippen molar-refractivity contribution >= 4 is 89.0 Å². The Morgan fingerprint density at radius 1 is 0.796 bits per heavy atom. The Labute approximate surface area is 331 Å². The Bertz CT molecular complexity index is 2090. The van der Waals surface area contributed by atoms with Crippen molar-refractivity contribution in [2.45, 2.75) is 54.9 Å². The van der Waals surface area contributed by atoms with Crippen molar-refractivity contribution in [3.8, 4) is 20.9 Å². The molecule has 9 N–H and O–H groups in total. The van der Waals surface area contributed by atoms with Crippen molar-refractivity contribution in [2.24, 2.45) is 11.5 Å². The van der Waals surface area contributed by atoms with Crippen LogP contribution in [0.1, 0.15) is 70.6 Å². The maximum Gasteiger partial charge on any atom is 0.260 e. The predicted octanol–water partition coefficient (Wildman–Crippen LogP) is 7.19. The zero-order chi connectivity index (χ0) is 32.7. The predicted molar refractivity (Wildman–Crippen MR) is 203 cm³/mol. The van der Waals surface area contributed by atoms with E-state index in [0.29, 0.717) is 34.2 Å². The summed E-state index contributed by atoms with van der Waals surface area (Å²) in [6.45, 7) is 6.77. The molecular formula is C33H40ArN8O3S4. The van der Waals surface area contributed by atoms with Crippen LogP contribution < -0.4 is 28.3 Å². The summed E-state index contributed by atoms with van der Waals surface area (Å²) in [6.07, 6.45) is 0. The summed E-state index contributed by atoms with van der Waals surface area (Å²) in [7, 11) is 1.65. The van der Waals surface area contributed by atoms with Crippen molar-refractivity contribution < 1.29 is 52.2 Å². The molecular weight excluding hydrogens is 725 g/mol. The Morgan fingerprint density at radius 2 is 1.29 bits per heavy atom. The van der Waals surface area contributed by atoms with Gasteiger partial charge in [0.2, 0.25) is 0 Å². The maximum absolute atomic E-state index is 11.6. The molecule has 6 aromatic heterocycles. The van der Waals surface area contributed by atoms with Crippen molar-refractivity contribution in [1.82, 2.24) is 20.3 Å². The molecule has 16 heteroatoms. The molecule has 0 saturated heterocycles. The van der Waals surface area contributed by atoms with E-state index in [1.54, 1.807) is 29.8 Å². The van der Waals surface area contributed by atoms with Gasteiger partial charge in [0.25, 0.3) is 11.8 Å². The first-order valence-electron chi connectivity index (χ1n) is 14.4. The van der Waals surface area contributed by atoms with E-state index < -0.39 is 11.8 Å². The number of fused-ring (bicyclic) bond motifs is 4. The molecule has 0 fully saturated rings. The van der Waals surface area contributed by atoms with E-state index >= 15 is 0 Å². The summed E-state index contributed by atoms with van der Waals surface area (Å²) in [5, 5.41) is 10.9. The molecule has 0 spiro atoms. The number of nitrogens with one attached hydrogen (secondary N) is 1. The number of thiophene rings is 4. The second-order valence-electron chi connectivity index (χ2n) is 10.1. The third-order valence-electron chi connectivity index (χ3n) is 7.62. The summed E-state index contributed by atoms with van der Waals surface area (Å²) in [4.78, 5) is 42.5. The molecule has 0 bridgehead atoms. The normalized spacial score (nSPS) is 12.8. The quantitative estimate of drug-likeness (QED) is 0.121. The average Bonchev–Trinajstić information content (AvgIpc) is 3.90. The molecule has 49 heavy (non-hydrogen) atoms. The number of hydrogen-bond donors (Lipinski definition) is 5. The van der Waals surface area contributed by atoms with E-state index in [-0.39, 0.29) is 52.6 Å². The molecule has 0 radical (unpaired) electrons. The van der Waals surface area contributed by atoms with Crippen LogP contribution >= 0.6 is 45.3 Å². The van der Waals surface area contributed by atoms with Crippen LogP contribution in [-0.2, 0) is 31.0 Å². The van der Waals surface area contributed by atoms with Gasteiger partial charge >= 0.3 is 0 Å². The average molecular weight is 765 g/mol. The number of hydrogen-bond acceptors (Lipinski definition) is 13. The number of rotatable bonds is 5. The zero-order valence-electron chi connectivity index (χ0n) is 25.7. The fourth-order valence-electron chi connectivity index (χ4n) is 5.70. The van der Waals surface area contributed by atoms with Crippen LogP contribution in [0.3, 0.4) is 0 Å². The van der Waals surface area contributed by atoms with E-state index in [1.165, 1.54) is 28.2 Å². The molecule has 2 aliphatic heterocycles. The largest absolute Gasteiger partial charge is 0.397 e. The molecule has 0 aromatic carbocycles. The second kappa shape index (κ2) is 17.0. The summed E-state index contributed by atoms with van der Waals surface area (Å²) in [5.74, 6) is -1.01. The SMILES string of the molecule is C.C.CC.CON1Cc2nc3sc(C(N)=O)c(N)c3c(-c3cccs3)c2C1.NC(=O)c1sc2nc3c(c(-c4cccs4)c2c1N)CNC3.[Ar]. The first-order chi connectivity index (χ1) is 22.3. The zero-order valence-corrected chi connectivity index (χ0v) is 29.6. The first kappa shape index (κ1) is 40.7. The maximum atomic E-state index is 11.6. The number of nitrogens with zero attached hydrogens (tertiary/aromatic N) is 3. The molecule has 11 nitrogen and oxygen atoms in total. The molecule has 2 aliphatic rings. The van der Waals surface area contributed by atoms with Gasteiger partial charge in [0.05, 0.1) is 43.0 Å². The molecule has 8 heterocycles. The fraction of sp³-hybridized carbons (Fsp3) is 0.273. The van der Waals surface area contributed by atoms with Gasteiger partial charge in [0.1, 0.15) is 19.4 Å². The smallest absolute Gasteiger partial charge is 0.260 e. The van der Waals surface area contributed by atoms with Gasteiger partial charge in [0.15, 0.2) is 0 Å². The minimum atomic E-state index is -0.513. The Morgan fingerprint density at radius 3 is 1.73 bits per heavy atom. The number of amides is 2. The van der Waals surface area contributed by atoms with Crippen LogP contribution in [0.2, 0.25) is 0 Å². The van der Waals surface area contributed by atoms with Crippen LogP contribution in [-0.4, -0.2) is 34.0 Å². The number of hydroxylamine groups is 2. The van der Waals surface area contributed by atoms with E-state index in [9.17, 15) is 9.59 Å². The summed E-state index contributed by atoms with van der Waals surface area (Å²) in [6, 6.07) is 8.13. The second-order valence-corrected chi connectivity index (χ2v) is 14.0. The standard InChI is InChI=1S/C15H14N4O2S2.C14H12N4OS2.C2H6.2CH4.Ar/c1-21-19-5-7-8(6-19)18-15-11(10(7)9-3-2-4-22-9)12(16)13(23-15)14(17)20;15-11-10-9(8-2-1-3-20-8)6-4-17-5-7(6)18-14(10)21-12(11)13(16)19;1-2;;;/h2-4H,5-6,16H2,1H3,(H2,17,20);1-3,17H,4-5,15H2,(H2,16,19);1-2H3;2*1H4;. The van der Waals surface area contributed by atoms with Gasteiger partial charge in [-0.2, -0.15) is 5.06 Å². The van der Waals surface area contributed by atoms with Crippen molar-refractivity contribution in [1.29, 1.82) is 0 Å². The van der Waals surface area contributed by atoms with Gasteiger partial charge in [-0.05, 0) is 28.5 Å². The van der Waals surface area contributed by atoms with Crippen LogP contribution in [0.25, 0.3) is 41.3 Å². The van der Waals surface area contributed by atoms with Gasteiger partial charge in [-0.25, -0.2) is 9.97 Å². The van der Waals surface area contributed by atoms with E-state index in [0.717, 1.165) is 71.4 Å². The third-order valence-corrected chi connectivity index (χ3v) is 11.6. The van der Waals surface area contributed by atoms with E-state index in [1.807, 2.05) is 41.8 Å². The van der Waals surface area contributed by atoms with Crippen LogP contribution in [0.15, 0.2) is 35.0 Å².